The van der Waals surface area contributed by atoms with Gasteiger partial charge in [0.05, 0.1) is 13.2 Å². The van der Waals surface area contributed by atoms with Crippen LogP contribution < -0.4 is 0 Å². The quantitative estimate of drug-likeness (QED) is 0.851. The number of carbonyl (C=O) groups excluding carboxylic acids is 1. The Morgan fingerprint density at radius 3 is 2.88 bits per heavy atom. The number of aryl methyl sites for hydroxylation is 1. The van der Waals surface area contributed by atoms with E-state index in [0.29, 0.717) is 24.9 Å². The second-order valence-corrected chi connectivity index (χ2v) is 8.10. The van der Waals surface area contributed by atoms with E-state index in [1.54, 1.807) is 0 Å². The van der Waals surface area contributed by atoms with Crippen molar-refractivity contribution in [2.75, 3.05) is 39.4 Å². The maximum absolute atomic E-state index is 12.5. The summed E-state index contributed by atoms with van der Waals surface area (Å²) in [5.74, 6) is 0.809. The van der Waals surface area contributed by atoms with Gasteiger partial charge in [0, 0.05) is 44.6 Å². The predicted molar refractivity (Wildman–Crippen MR) is 95.7 cm³/mol. The maximum atomic E-state index is 12.5. The number of benzene rings is 1. The van der Waals surface area contributed by atoms with Crippen LogP contribution in [-0.2, 0) is 16.1 Å². The molecular formula is C20H30N2O2. The van der Waals surface area contributed by atoms with Crippen molar-refractivity contribution in [1.29, 1.82) is 0 Å². The van der Waals surface area contributed by atoms with E-state index in [1.807, 2.05) is 4.90 Å². The second-order valence-electron chi connectivity index (χ2n) is 8.10. The summed E-state index contributed by atoms with van der Waals surface area (Å²) in [6, 6.07) is 8.70. The average molecular weight is 330 g/mol. The van der Waals surface area contributed by atoms with Gasteiger partial charge in [-0.05, 0) is 18.4 Å². The minimum absolute atomic E-state index is 0.0354. The molecule has 1 aromatic carbocycles. The van der Waals surface area contributed by atoms with E-state index < -0.39 is 0 Å². The summed E-state index contributed by atoms with van der Waals surface area (Å²) in [6.45, 7) is 12.5. The van der Waals surface area contributed by atoms with E-state index in [0.717, 1.165) is 39.3 Å². The van der Waals surface area contributed by atoms with Gasteiger partial charge in [-0.3, -0.25) is 9.69 Å². The molecule has 1 atom stereocenters. The molecule has 0 aromatic heterocycles. The van der Waals surface area contributed by atoms with E-state index in [-0.39, 0.29) is 5.41 Å². The van der Waals surface area contributed by atoms with Gasteiger partial charge in [0.15, 0.2) is 0 Å². The van der Waals surface area contributed by atoms with Crippen LogP contribution in [0.3, 0.4) is 0 Å². The van der Waals surface area contributed by atoms with Gasteiger partial charge < -0.3 is 9.64 Å². The largest absolute Gasteiger partial charge is 0.379 e. The summed E-state index contributed by atoms with van der Waals surface area (Å²) in [5, 5.41) is 0. The number of hydrogen-bond acceptors (Lipinski definition) is 3. The first-order valence-electron chi connectivity index (χ1n) is 9.09. The van der Waals surface area contributed by atoms with E-state index >= 15 is 0 Å². The fraction of sp³-hybridized carbons (Fsp3) is 0.650. The van der Waals surface area contributed by atoms with Crippen molar-refractivity contribution in [2.24, 2.45) is 11.3 Å². The molecule has 0 saturated carbocycles. The van der Waals surface area contributed by atoms with Crippen molar-refractivity contribution in [1.82, 2.24) is 9.80 Å². The van der Waals surface area contributed by atoms with Crippen LogP contribution in [0, 0.1) is 18.3 Å². The van der Waals surface area contributed by atoms with Gasteiger partial charge in [0.2, 0.25) is 5.91 Å². The van der Waals surface area contributed by atoms with Crippen molar-refractivity contribution in [2.45, 2.75) is 33.7 Å². The minimum atomic E-state index is -0.0354. The van der Waals surface area contributed by atoms with Crippen LogP contribution in [0.4, 0.5) is 0 Å². The van der Waals surface area contributed by atoms with Gasteiger partial charge in [0.1, 0.15) is 0 Å². The van der Waals surface area contributed by atoms with Crippen molar-refractivity contribution in [3.63, 3.8) is 0 Å². The summed E-state index contributed by atoms with van der Waals surface area (Å²) in [7, 11) is 0. The highest BCUT2D eigenvalue weighted by Gasteiger charge is 2.45. The zero-order valence-electron chi connectivity index (χ0n) is 15.3. The number of likely N-dealkylation sites (tertiary alicyclic amines) is 1. The fourth-order valence-corrected chi connectivity index (χ4v) is 4.08. The summed E-state index contributed by atoms with van der Waals surface area (Å²) in [6.07, 6.45) is 0.629. The third-order valence-corrected chi connectivity index (χ3v) is 5.00. The Hall–Kier alpha value is -1.39. The summed E-state index contributed by atoms with van der Waals surface area (Å²) >= 11 is 0. The van der Waals surface area contributed by atoms with Gasteiger partial charge in [-0.1, -0.05) is 43.7 Å². The third kappa shape index (κ3) is 4.17. The molecule has 2 aliphatic heterocycles. The Labute approximate surface area is 145 Å². The molecular weight excluding hydrogens is 300 g/mol. The molecule has 1 spiro atoms. The first kappa shape index (κ1) is 17.4. The fourth-order valence-electron chi connectivity index (χ4n) is 4.08. The number of rotatable bonds is 4. The predicted octanol–water partition coefficient (Wildman–Crippen LogP) is 2.70. The van der Waals surface area contributed by atoms with Crippen LogP contribution in [0.2, 0.25) is 0 Å². The van der Waals surface area contributed by atoms with Gasteiger partial charge in [0.25, 0.3) is 0 Å². The summed E-state index contributed by atoms with van der Waals surface area (Å²) in [5.41, 5.74) is 2.61. The molecule has 0 bridgehead atoms. The smallest absolute Gasteiger partial charge is 0.223 e. The SMILES string of the molecule is Cc1cccc(CN2CCOCC3(CC(=O)N(CC(C)C)C3)C2)c1. The Balaban J connectivity index is 1.70. The molecule has 0 aliphatic carbocycles. The number of carbonyl (C=O) groups is 1. The monoisotopic (exact) mass is 330 g/mol. The highest BCUT2D eigenvalue weighted by Crippen LogP contribution is 2.35. The Kier molecular flexibility index (Phi) is 5.26. The lowest BCUT2D eigenvalue weighted by atomic mass is 9.87. The van der Waals surface area contributed by atoms with E-state index in [9.17, 15) is 4.79 Å². The molecule has 2 heterocycles. The van der Waals surface area contributed by atoms with Crippen molar-refractivity contribution >= 4 is 5.91 Å². The first-order valence-corrected chi connectivity index (χ1v) is 9.09. The third-order valence-electron chi connectivity index (χ3n) is 5.00. The topological polar surface area (TPSA) is 32.8 Å². The molecule has 4 nitrogen and oxygen atoms in total. The van der Waals surface area contributed by atoms with Crippen molar-refractivity contribution in [3.05, 3.63) is 35.4 Å². The lowest BCUT2D eigenvalue weighted by Crippen LogP contribution is -2.41. The van der Waals surface area contributed by atoms with E-state index in [2.05, 4.69) is 49.9 Å². The average Bonchev–Trinajstić information content (AvgIpc) is 2.66. The molecule has 0 N–H and O–H groups in total. The first-order chi connectivity index (χ1) is 11.5. The van der Waals surface area contributed by atoms with Crippen LogP contribution in [-0.4, -0.2) is 55.1 Å². The Morgan fingerprint density at radius 1 is 1.29 bits per heavy atom. The van der Waals surface area contributed by atoms with E-state index in [4.69, 9.17) is 4.74 Å². The van der Waals surface area contributed by atoms with Crippen LogP contribution in [0.25, 0.3) is 0 Å². The van der Waals surface area contributed by atoms with Crippen LogP contribution in [0.1, 0.15) is 31.4 Å². The van der Waals surface area contributed by atoms with Crippen LogP contribution in [0.15, 0.2) is 24.3 Å². The number of ether oxygens (including phenoxy) is 1. The molecule has 4 heteroatoms. The number of amides is 1. The molecule has 1 unspecified atom stereocenters. The molecule has 2 saturated heterocycles. The second kappa shape index (κ2) is 7.24. The lowest BCUT2D eigenvalue weighted by Gasteiger charge is -2.31. The van der Waals surface area contributed by atoms with Crippen molar-refractivity contribution < 1.29 is 9.53 Å². The lowest BCUT2D eigenvalue weighted by molar-refractivity contribution is -0.128. The van der Waals surface area contributed by atoms with Gasteiger partial charge in [-0.2, -0.15) is 0 Å². The molecule has 132 valence electrons. The van der Waals surface area contributed by atoms with Crippen LogP contribution in [0.5, 0.6) is 0 Å². The highest BCUT2D eigenvalue weighted by atomic mass is 16.5. The molecule has 1 amide bonds. The van der Waals surface area contributed by atoms with Gasteiger partial charge in [-0.15, -0.1) is 0 Å². The number of nitrogens with zero attached hydrogens (tertiary/aromatic N) is 2. The summed E-state index contributed by atoms with van der Waals surface area (Å²) < 4.78 is 5.91. The molecule has 0 radical (unpaired) electrons. The van der Waals surface area contributed by atoms with Crippen molar-refractivity contribution in [3.8, 4) is 0 Å². The molecule has 3 rings (SSSR count). The zero-order valence-corrected chi connectivity index (χ0v) is 15.3. The minimum Gasteiger partial charge on any atom is -0.379 e. The molecule has 2 fully saturated rings. The van der Waals surface area contributed by atoms with E-state index in [1.165, 1.54) is 11.1 Å². The normalized spacial score (nSPS) is 25.7. The Bertz CT molecular complexity index is 587. The standard InChI is InChI=1S/C20H30N2O2/c1-16(2)11-22-14-20(10-19(22)23)13-21(7-8-24-15-20)12-18-6-4-5-17(3)9-18/h4-6,9,16H,7-8,10-15H2,1-3H3. The van der Waals surface area contributed by atoms with Crippen LogP contribution >= 0.6 is 0 Å². The molecule has 24 heavy (non-hydrogen) atoms. The maximum Gasteiger partial charge on any atom is 0.223 e. The molecule has 2 aliphatic rings. The zero-order chi connectivity index (χ0) is 17.2. The summed E-state index contributed by atoms with van der Waals surface area (Å²) in [4.78, 5) is 17.0. The molecule has 1 aromatic rings. The Morgan fingerprint density at radius 2 is 2.12 bits per heavy atom. The highest BCUT2D eigenvalue weighted by molar-refractivity contribution is 5.79. The number of hydrogen-bond donors (Lipinski definition) is 0. The van der Waals surface area contributed by atoms with Gasteiger partial charge in [-0.25, -0.2) is 0 Å². The van der Waals surface area contributed by atoms with Gasteiger partial charge >= 0.3 is 0 Å².